The Morgan fingerprint density at radius 2 is 2.38 bits per heavy atom. The van der Waals surface area contributed by atoms with Gasteiger partial charge in [0, 0.05) is 27.3 Å². The van der Waals surface area contributed by atoms with E-state index in [1.54, 1.807) is 0 Å². The van der Waals surface area contributed by atoms with Crippen molar-refractivity contribution in [3.05, 3.63) is 20.8 Å². The van der Waals surface area contributed by atoms with Gasteiger partial charge in [-0.1, -0.05) is 0 Å². The number of hydrogen-bond donors (Lipinski definition) is 1. The Hall–Kier alpha value is 0.1000. The molecule has 0 saturated carbocycles. The highest BCUT2D eigenvalue weighted by Gasteiger charge is 2.14. The molecule has 1 aliphatic heterocycles. The van der Waals surface area contributed by atoms with Crippen LogP contribution in [0.25, 0.3) is 0 Å². The van der Waals surface area contributed by atoms with Crippen molar-refractivity contribution in [3.63, 3.8) is 0 Å². The van der Waals surface area contributed by atoms with Crippen LogP contribution >= 0.6 is 27.3 Å². The van der Waals surface area contributed by atoms with E-state index < -0.39 is 0 Å². The van der Waals surface area contributed by atoms with Crippen LogP contribution in [-0.2, 0) is 6.54 Å². The number of halogens is 1. The lowest BCUT2D eigenvalue weighted by atomic mass is 10.1. The fourth-order valence-corrected chi connectivity index (χ4v) is 3.54. The van der Waals surface area contributed by atoms with Gasteiger partial charge in [-0.3, -0.25) is 0 Å². The summed E-state index contributed by atoms with van der Waals surface area (Å²) in [6.45, 7) is 3.50. The van der Waals surface area contributed by atoms with Gasteiger partial charge in [-0.15, -0.1) is 11.3 Å². The lowest BCUT2D eigenvalue weighted by Crippen LogP contribution is -2.29. The standard InChI is InChI=1S/C12H19BrN2S/c1-15-5-2-3-11(4-6-15)14-8-12-7-10(13)9-16-12/h7,9,11,14H,2-6,8H2,1H3. The molecule has 1 aromatic heterocycles. The minimum absolute atomic E-state index is 0.700. The molecule has 1 atom stereocenters. The molecule has 0 amide bonds. The number of hydrogen-bond acceptors (Lipinski definition) is 3. The Morgan fingerprint density at radius 1 is 1.50 bits per heavy atom. The van der Waals surface area contributed by atoms with Crippen LogP contribution in [0, 0.1) is 0 Å². The number of nitrogens with zero attached hydrogens (tertiary/aromatic N) is 1. The summed E-state index contributed by atoms with van der Waals surface area (Å²) in [4.78, 5) is 3.85. The van der Waals surface area contributed by atoms with Crippen molar-refractivity contribution >= 4 is 27.3 Å². The second-order valence-electron chi connectivity index (χ2n) is 4.54. The van der Waals surface area contributed by atoms with Crippen LogP contribution in [-0.4, -0.2) is 31.1 Å². The minimum Gasteiger partial charge on any atom is -0.309 e. The minimum atomic E-state index is 0.700. The zero-order chi connectivity index (χ0) is 11.4. The van der Waals surface area contributed by atoms with Crippen molar-refractivity contribution in [1.82, 2.24) is 10.2 Å². The molecular weight excluding hydrogens is 284 g/mol. The maximum Gasteiger partial charge on any atom is 0.0302 e. The lowest BCUT2D eigenvalue weighted by Gasteiger charge is -2.16. The molecule has 2 rings (SSSR count). The van der Waals surface area contributed by atoms with Gasteiger partial charge in [0.2, 0.25) is 0 Å². The van der Waals surface area contributed by atoms with Gasteiger partial charge >= 0.3 is 0 Å². The second-order valence-corrected chi connectivity index (χ2v) is 6.45. The molecule has 0 radical (unpaired) electrons. The van der Waals surface area contributed by atoms with Crippen LogP contribution in [0.5, 0.6) is 0 Å². The molecule has 1 fully saturated rings. The first-order chi connectivity index (χ1) is 7.74. The Labute approximate surface area is 110 Å². The Morgan fingerprint density at radius 3 is 3.12 bits per heavy atom. The average Bonchev–Trinajstić information content (AvgIpc) is 2.56. The zero-order valence-electron chi connectivity index (χ0n) is 9.71. The van der Waals surface area contributed by atoms with Gasteiger partial charge in [0.15, 0.2) is 0 Å². The van der Waals surface area contributed by atoms with Crippen molar-refractivity contribution < 1.29 is 0 Å². The van der Waals surface area contributed by atoms with Gasteiger partial charge < -0.3 is 10.2 Å². The molecule has 0 aliphatic carbocycles. The van der Waals surface area contributed by atoms with E-state index in [0.29, 0.717) is 6.04 Å². The molecule has 0 spiro atoms. The average molecular weight is 303 g/mol. The summed E-state index contributed by atoms with van der Waals surface area (Å²) in [6.07, 6.45) is 3.92. The molecule has 1 unspecified atom stereocenters. The molecular formula is C12H19BrN2S. The summed E-state index contributed by atoms with van der Waals surface area (Å²) in [7, 11) is 2.22. The third-order valence-corrected chi connectivity index (χ3v) is 4.84. The summed E-state index contributed by atoms with van der Waals surface area (Å²) in [5.74, 6) is 0. The van der Waals surface area contributed by atoms with Crippen molar-refractivity contribution in [2.45, 2.75) is 31.8 Å². The van der Waals surface area contributed by atoms with Crippen LogP contribution in [0.4, 0.5) is 0 Å². The molecule has 0 bridgehead atoms. The normalized spacial score (nSPS) is 23.2. The van der Waals surface area contributed by atoms with E-state index in [4.69, 9.17) is 0 Å². The number of likely N-dealkylation sites (tertiary alicyclic amines) is 1. The molecule has 1 N–H and O–H groups in total. The largest absolute Gasteiger partial charge is 0.309 e. The predicted octanol–water partition coefficient (Wildman–Crippen LogP) is 3.08. The third-order valence-electron chi connectivity index (χ3n) is 3.14. The predicted molar refractivity (Wildman–Crippen MR) is 74.0 cm³/mol. The van der Waals surface area contributed by atoms with Crippen LogP contribution in [0.1, 0.15) is 24.1 Å². The first-order valence-electron chi connectivity index (χ1n) is 5.89. The van der Waals surface area contributed by atoms with Gasteiger partial charge in [-0.05, 0) is 61.4 Å². The molecule has 16 heavy (non-hydrogen) atoms. The third kappa shape index (κ3) is 3.84. The van der Waals surface area contributed by atoms with Crippen LogP contribution in [0.15, 0.2) is 15.9 Å². The van der Waals surface area contributed by atoms with E-state index in [1.807, 2.05) is 11.3 Å². The first kappa shape index (κ1) is 12.6. The summed E-state index contributed by atoms with van der Waals surface area (Å²) in [5.41, 5.74) is 0. The Balaban J connectivity index is 1.77. The molecule has 1 aromatic rings. The smallest absolute Gasteiger partial charge is 0.0302 e. The number of rotatable bonds is 3. The topological polar surface area (TPSA) is 15.3 Å². The summed E-state index contributed by atoms with van der Waals surface area (Å²) < 4.78 is 1.20. The summed E-state index contributed by atoms with van der Waals surface area (Å²) in [6, 6.07) is 2.91. The summed E-state index contributed by atoms with van der Waals surface area (Å²) >= 11 is 5.32. The molecule has 4 heteroatoms. The van der Waals surface area contributed by atoms with Gasteiger partial charge in [0.1, 0.15) is 0 Å². The SMILES string of the molecule is CN1CCCC(NCc2cc(Br)cs2)CC1. The fraction of sp³-hybridized carbons (Fsp3) is 0.667. The number of thiophene rings is 1. The van der Waals surface area contributed by atoms with Crippen molar-refractivity contribution in [2.24, 2.45) is 0 Å². The van der Waals surface area contributed by atoms with E-state index >= 15 is 0 Å². The molecule has 2 nitrogen and oxygen atoms in total. The van der Waals surface area contributed by atoms with Gasteiger partial charge in [0.05, 0.1) is 0 Å². The van der Waals surface area contributed by atoms with Gasteiger partial charge in [-0.2, -0.15) is 0 Å². The van der Waals surface area contributed by atoms with E-state index in [0.717, 1.165) is 6.54 Å². The van der Waals surface area contributed by atoms with Crippen molar-refractivity contribution in [2.75, 3.05) is 20.1 Å². The fourth-order valence-electron chi connectivity index (χ4n) is 2.14. The number of nitrogens with one attached hydrogen (secondary N) is 1. The van der Waals surface area contributed by atoms with Crippen molar-refractivity contribution in [1.29, 1.82) is 0 Å². The van der Waals surface area contributed by atoms with Crippen LogP contribution in [0.3, 0.4) is 0 Å². The van der Waals surface area contributed by atoms with Gasteiger partial charge in [0.25, 0.3) is 0 Å². The molecule has 90 valence electrons. The van der Waals surface area contributed by atoms with E-state index in [9.17, 15) is 0 Å². The summed E-state index contributed by atoms with van der Waals surface area (Å²) in [5, 5.41) is 5.83. The molecule has 2 heterocycles. The van der Waals surface area contributed by atoms with Crippen LogP contribution < -0.4 is 5.32 Å². The quantitative estimate of drug-likeness (QED) is 0.923. The highest BCUT2D eigenvalue weighted by atomic mass is 79.9. The highest BCUT2D eigenvalue weighted by Crippen LogP contribution is 2.20. The molecule has 0 aromatic carbocycles. The van der Waals surface area contributed by atoms with E-state index in [2.05, 4.69) is 44.6 Å². The zero-order valence-corrected chi connectivity index (χ0v) is 12.1. The molecule has 1 aliphatic rings. The molecule has 1 saturated heterocycles. The highest BCUT2D eigenvalue weighted by molar-refractivity contribution is 9.10. The van der Waals surface area contributed by atoms with Gasteiger partial charge in [-0.25, -0.2) is 0 Å². The Bertz CT molecular complexity index is 327. The van der Waals surface area contributed by atoms with Crippen molar-refractivity contribution in [3.8, 4) is 0 Å². The van der Waals surface area contributed by atoms with Crippen LogP contribution in [0.2, 0.25) is 0 Å². The monoisotopic (exact) mass is 302 g/mol. The maximum atomic E-state index is 3.67. The second kappa shape index (κ2) is 6.15. The maximum absolute atomic E-state index is 3.67. The van der Waals surface area contributed by atoms with E-state index in [1.165, 1.54) is 41.7 Å². The Kier molecular flexibility index (Phi) is 4.82. The van der Waals surface area contributed by atoms with E-state index in [-0.39, 0.29) is 0 Å². The first-order valence-corrected chi connectivity index (χ1v) is 7.56. The lowest BCUT2D eigenvalue weighted by molar-refractivity contribution is 0.343.